The summed E-state index contributed by atoms with van der Waals surface area (Å²) in [6, 6.07) is 7.94. The van der Waals surface area contributed by atoms with Crippen LogP contribution >= 0.6 is 0 Å². The van der Waals surface area contributed by atoms with Crippen molar-refractivity contribution in [2.24, 2.45) is 0 Å². The van der Waals surface area contributed by atoms with Crippen LogP contribution in [0.25, 0.3) is 0 Å². The van der Waals surface area contributed by atoms with Gasteiger partial charge in [-0.05, 0) is 58.1 Å². The maximum Gasteiger partial charge on any atom is 0.410 e. The molecule has 1 aliphatic heterocycles. The molecule has 0 bridgehead atoms. The molecular weight excluding hydrogens is 278 g/mol. The molecule has 2 rings (SSSR count). The zero-order chi connectivity index (χ0) is 16.4. The zero-order valence-electron chi connectivity index (χ0n) is 14.1. The van der Waals surface area contributed by atoms with Gasteiger partial charge in [0.25, 0.3) is 0 Å². The zero-order valence-corrected chi connectivity index (χ0v) is 14.1. The topological polar surface area (TPSA) is 49.8 Å². The minimum atomic E-state index is -0.859. The van der Waals surface area contributed by atoms with Crippen LogP contribution in [0.15, 0.2) is 24.3 Å². The molecule has 1 atom stereocenters. The van der Waals surface area contributed by atoms with Crippen molar-refractivity contribution >= 4 is 6.09 Å². The normalized spacial score (nSPS) is 23.0. The van der Waals surface area contributed by atoms with Gasteiger partial charge in [-0.15, -0.1) is 0 Å². The molecule has 0 radical (unpaired) electrons. The van der Waals surface area contributed by atoms with Crippen molar-refractivity contribution in [1.29, 1.82) is 0 Å². The van der Waals surface area contributed by atoms with Crippen LogP contribution in [0.2, 0.25) is 0 Å². The number of ether oxygens (including phenoxy) is 1. The Bertz CT molecular complexity index is 535. The SMILES string of the molecule is Cc1ccccc1C1(O)CCCN(C(=O)OC(C)(C)C)CC1. The van der Waals surface area contributed by atoms with Crippen LogP contribution in [0.1, 0.15) is 51.2 Å². The number of aryl methyl sites for hydroxylation is 1. The first-order valence-corrected chi connectivity index (χ1v) is 7.98. The second-order valence-electron chi connectivity index (χ2n) is 7.17. The van der Waals surface area contributed by atoms with E-state index >= 15 is 0 Å². The van der Waals surface area contributed by atoms with E-state index in [-0.39, 0.29) is 6.09 Å². The van der Waals surface area contributed by atoms with Gasteiger partial charge in [-0.25, -0.2) is 4.79 Å². The molecule has 1 saturated heterocycles. The predicted octanol–water partition coefficient (Wildman–Crippen LogP) is 3.60. The highest BCUT2D eigenvalue weighted by Gasteiger charge is 2.35. The molecule has 0 spiro atoms. The molecule has 1 amide bonds. The molecule has 1 fully saturated rings. The summed E-state index contributed by atoms with van der Waals surface area (Å²) < 4.78 is 5.44. The lowest BCUT2D eigenvalue weighted by molar-refractivity contribution is 0.0125. The van der Waals surface area contributed by atoms with Crippen LogP contribution in [0.3, 0.4) is 0 Å². The Morgan fingerprint density at radius 2 is 1.91 bits per heavy atom. The molecule has 0 saturated carbocycles. The molecular formula is C18H27NO3. The van der Waals surface area contributed by atoms with Crippen LogP contribution < -0.4 is 0 Å². The molecule has 1 aliphatic rings. The molecule has 122 valence electrons. The van der Waals surface area contributed by atoms with Crippen molar-refractivity contribution in [3.05, 3.63) is 35.4 Å². The predicted molar refractivity (Wildman–Crippen MR) is 86.7 cm³/mol. The summed E-state index contributed by atoms with van der Waals surface area (Å²) in [5.41, 5.74) is 0.717. The van der Waals surface area contributed by atoms with Crippen molar-refractivity contribution in [3.8, 4) is 0 Å². The highest BCUT2D eigenvalue weighted by Crippen LogP contribution is 2.34. The molecule has 1 heterocycles. The van der Waals surface area contributed by atoms with Gasteiger partial charge >= 0.3 is 6.09 Å². The number of likely N-dealkylation sites (tertiary alicyclic amines) is 1. The third-order valence-electron chi connectivity index (χ3n) is 4.11. The fourth-order valence-electron chi connectivity index (χ4n) is 2.99. The molecule has 0 aromatic heterocycles. The van der Waals surface area contributed by atoms with E-state index in [1.54, 1.807) is 4.90 Å². The number of benzene rings is 1. The van der Waals surface area contributed by atoms with Gasteiger partial charge in [0, 0.05) is 13.1 Å². The van der Waals surface area contributed by atoms with E-state index in [4.69, 9.17) is 4.74 Å². The van der Waals surface area contributed by atoms with Crippen molar-refractivity contribution in [3.63, 3.8) is 0 Å². The summed E-state index contributed by atoms with van der Waals surface area (Å²) in [5, 5.41) is 11.1. The van der Waals surface area contributed by atoms with Crippen LogP contribution in [-0.2, 0) is 10.3 Å². The minimum Gasteiger partial charge on any atom is -0.444 e. The summed E-state index contributed by atoms with van der Waals surface area (Å²) >= 11 is 0. The number of rotatable bonds is 1. The lowest BCUT2D eigenvalue weighted by Gasteiger charge is -2.29. The van der Waals surface area contributed by atoms with Crippen molar-refractivity contribution in [2.75, 3.05) is 13.1 Å². The lowest BCUT2D eigenvalue weighted by atomic mass is 9.84. The number of aliphatic hydroxyl groups is 1. The maximum absolute atomic E-state index is 12.2. The molecule has 22 heavy (non-hydrogen) atoms. The van der Waals surface area contributed by atoms with E-state index in [1.807, 2.05) is 52.0 Å². The third-order valence-corrected chi connectivity index (χ3v) is 4.11. The Morgan fingerprint density at radius 3 is 2.55 bits per heavy atom. The second-order valence-corrected chi connectivity index (χ2v) is 7.17. The van der Waals surface area contributed by atoms with Gasteiger partial charge in [0.15, 0.2) is 0 Å². The first kappa shape index (κ1) is 16.8. The largest absolute Gasteiger partial charge is 0.444 e. The monoisotopic (exact) mass is 305 g/mol. The summed E-state index contributed by atoms with van der Waals surface area (Å²) in [4.78, 5) is 13.9. The van der Waals surface area contributed by atoms with E-state index in [9.17, 15) is 9.90 Å². The number of nitrogens with zero attached hydrogens (tertiary/aromatic N) is 1. The van der Waals surface area contributed by atoms with Gasteiger partial charge in [-0.2, -0.15) is 0 Å². The number of hydrogen-bond donors (Lipinski definition) is 1. The lowest BCUT2D eigenvalue weighted by Crippen LogP contribution is -2.38. The van der Waals surface area contributed by atoms with Crippen molar-refractivity contribution in [2.45, 2.75) is 58.2 Å². The fraction of sp³-hybridized carbons (Fsp3) is 0.611. The van der Waals surface area contributed by atoms with Gasteiger partial charge in [0.05, 0.1) is 5.60 Å². The number of carbonyl (C=O) groups is 1. The van der Waals surface area contributed by atoms with Crippen molar-refractivity contribution < 1.29 is 14.6 Å². The number of hydrogen-bond acceptors (Lipinski definition) is 3. The first-order chi connectivity index (χ1) is 10.2. The van der Waals surface area contributed by atoms with E-state index in [0.717, 1.165) is 17.5 Å². The van der Waals surface area contributed by atoms with Gasteiger partial charge in [0.2, 0.25) is 0 Å². The average molecular weight is 305 g/mol. The number of carbonyl (C=O) groups excluding carboxylic acids is 1. The maximum atomic E-state index is 12.2. The fourth-order valence-corrected chi connectivity index (χ4v) is 2.99. The highest BCUT2D eigenvalue weighted by molar-refractivity contribution is 5.68. The molecule has 1 N–H and O–H groups in total. The van der Waals surface area contributed by atoms with Gasteiger partial charge in [-0.3, -0.25) is 0 Å². The molecule has 1 aromatic rings. The quantitative estimate of drug-likeness (QED) is 0.862. The van der Waals surface area contributed by atoms with E-state index < -0.39 is 11.2 Å². The second kappa shape index (κ2) is 6.29. The third kappa shape index (κ3) is 4.01. The Labute approximate surface area is 133 Å². The molecule has 1 unspecified atom stereocenters. The summed E-state index contributed by atoms with van der Waals surface area (Å²) in [5.74, 6) is 0. The van der Waals surface area contributed by atoms with E-state index in [2.05, 4.69) is 0 Å². The van der Waals surface area contributed by atoms with Crippen LogP contribution in [0.4, 0.5) is 4.79 Å². The minimum absolute atomic E-state index is 0.290. The van der Waals surface area contributed by atoms with Gasteiger partial charge in [0.1, 0.15) is 5.60 Å². The first-order valence-electron chi connectivity index (χ1n) is 7.98. The van der Waals surface area contributed by atoms with Crippen LogP contribution in [0.5, 0.6) is 0 Å². The van der Waals surface area contributed by atoms with Crippen molar-refractivity contribution in [1.82, 2.24) is 4.90 Å². The van der Waals surface area contributed by atoms with Crippen LogP contribution in [-0.4, -0.2) is 34.8 Å². The standard InChI is InChI=1S/C18H27NO3/c1-14-8-5-6-9-15(14)18(21)10-7-12-19(13-11-18)16(20)22-17(2,3)4/h5-6,8-9,21H,7,10-13H2,1-4H3. The summed E-state index contributed by atoms with van der Waals surface area (Å²) in [6.07, 6.45) is 1.68. The molecule has 1 aromatic carbocycles. The molecule has 0 aliphatic carbocycles. The Morgan fingerprint density at radius 1 is 1.23 bits per heavy atom. The highest BCUT2D eigenvalue weighted by atomic mass is 16.6. The van der Waals surface area contributed by atoms with Gasteiger partial charge in [-0.1, -0.05) is 24.3 Å². The van der Waals surface area contributed by atoms with Crippen LogP contribution in [0, 0.1) is 6.92 Å². The average Bonchev–Trinajstić information content (AvgIpc) is 2.60. The number of amides is 1. The van der Waals surface area contributed by atoms with E-state index in [1.165, 1.54) is 0 Å². The Balaban J connectivity index is 2.09. The molecule has 4 heteroatoms. The molecule has 4 nitrogen and oxygen atoms in total. The van der Waals surface area contributed by atoms with E-state index in [0.29, 0.717) is 25.9 Å². The smallest absolute Gasteiger partial charge is 0.410 e. The summed E-state index contributed by atoms with van der Waals surface area (Å²) in [7, 11) is 0. The Kier molecular flexibility index (Phi) is 4.81. The summed E-state index contributed by atoms with van der Waals surface area (Å²) in [6.45, 7) is 8.76. The van der Waals surface area contributed by atoms with Gasteiger partial charge < -0.3 is 14.7 Å². The Hall–Kier alpha value is -1.55.